The molecule has 1 N–H and O–H groups in total. The van der Waals surface area contributed by atoms with Crippen molar-refractivity contribution in [1.82, 2.24) is 20.2 Å². The van der Waals surface area contributed by atoms with Crippen molar-refractivity contribution in [3.05, 3.63) is 36.1 Å². The van der Waals surface area contributed by atoms with Crippen LogP contribution in [0.5, 0.6) is 11.6 Å². The molecule has 11 nitrogen and oxygen atoms in total. The molecule has 3 aliphatic rings. The summed E-state index contributed by atoms with van der Waals surface area (Å²) >= 11 is 6.28. The molecule has 2 aliphatic carbocycles. The van der Waals surface area contributed by atoms with Gasteiger partial charge in [-0.25, -0.2) is 18.4 Å². The van der Waals surface area contributed by atoms with E-state index in [9.17, 15) is 22.8 Å². The molecule has 44 heavy (non-hydrogen) atoms. The van der Waals surface area contributed by atoms with E-state index in [1.54, 1.807) is 24.4 Å². The molecule has 2 saturated carbocycles. The summed E-state index contributed by atoms with van der Waals surface area (Å²) in [4.78, 5) is 51.2. The highest BCUT2D eigenvalue weighted by molar-refractivity contribution is 7.93. The molecule has 0 aromatic carbocycles. The largest absolute Gasteiger partial charge is 0.491 e. The van der Waals surface area contributed by atoms with Crippen LogP contribution in [0.2, 0.25) is 5.15 Å². The zero-order chi connectivity index (χ0) is 32.2. The Kier molecular flexibility index (Phi) is 8.47. The quantitative estimate of drug-likeness (QED) is 0.286. The number of pyridine rings is 2. The van der Waals surface area contributed by atoms with Crippen LogP contribution in [0.1, 0.15) is 53.4 Å². The number of rotatable bonds is 11. The van der Waals surface area contributed by atoms with Gasteiger partial charge in [0.1, 0.15) is 29.0 Å². The van der Waals surface area contributed by atoms with Gasteiger partial charge in [-0.15, -0.1) is 6.58 Å². The normalized spacial score (nSPS) is 25.8. The number of carbonyl (C=O) groups excluding carboxylic acids is 3. The Morgan fingerprint density at radius 3 is 2.59 bits per heavy atom. The molecule has 0 unspecified atom stereocenters. The lowest BCUT2D eigenvalue weighted by atomic mass is 9.81. The Labute approximate surface area is 262 Å². The Balaban J connectivity index is 1.41. The highest BCUT2D eigenvalue weighted by Crippen LogP contribution is 2.46. The fourth-order valence-electron chi connectivity index (χ4n) is 5.68. The third-order valence-electron chi connectivity index (χ3n) is 9.15. The van der Waals surface area contributed by atoms with Crippen molar-refractivity contribution in [3.8, 4) is 11.6 Å². The molecule has 1 aliphatic heterocycles. The van der Waals surface area contributed by atoms with E-state index >= 15 is 0 Å². The number of methoxy groups -OCH3 is 1. The minimum Gasteiger partial charge on any atom is -0.491 e. The second-order valence-electron chi connectivity index (χ2n) is 13.2. The zero-order valence-electron chi connectivity index (χ0n) is 25.6. The van der Waals surface area contributed by atoms with Gasteiger partial charge in [-0.1, -0.05) is 45.4 Å². The summed E-state index contributed by atoms with van der Waals surface area (Å²) in [6.07, 6.45) is 3.94. The number of ether oxygens (including phenoxy) is 2. The average Bonchev–Trinajstić information content (AvgIpc) is 3.88. The number of Topliss-reactive ketones (excluding diaryl/α,β-unsaturated/α-hetero) is 1. The second kappa shape index (κ2) is 11.6. The van der Waals surface area contributed by atoms with Gasteiger partial charge in [0, 0.05) is 29.8 Å². The third kappa shape index (κ3) is 6.15. The minimum atomic E-state index is -3.59. The Hall–Kier alpha value is -3.25. The summed E-state index contributed by atoms with van der Waals surface area (Å²) in [6.45, 7) is 11.5. The fraction of sp³-hybridized carbons (Fsp3) is 0.581. The molecule has 3 fully saturated rings. The van der Waals surface area contributed by atoms with E-state index in [4.69, 9.17) is 21.1 Å². The Bertz CT molecular complexity index is 1620. The monoisotopic (exact) mass is 646 g/mol. The van der Waals surface area contributed by atoms with Crippen LogP contribution in [0.3, 0.4) is 0 Å². The lowest BCUT2D eigenvalue weighted by molar-refractivity contribution is -0.144. The van der Waals surface area contributed by atoms with Crippen LogP contribution in [0, 0.1) is 17.3 Å². The molecule has 5 atom stereocenters. The molecule has 0 spiro atoms. The van der Waals surface area contributed by atoms with Crippen LogP contribution in [0.25, 0.3) is 10.9 Å². The maximum atomic E-state index is 13.9. The van der Waals surface area contributed by atoms with Gasteiger partial charge < -0.3 is 19.7 Å². The third-order valence-corrected chi connectivity index (χ3v) is 11.6. The van der Waals surface area contributed by atoms with Crippen molar-refractivity contribution in [2.75, 3.05) is 19.4 Å². The van der Waals surface area contributed by atoms with Gasteiger partial charge in [0.15, 0.2) is 26.5 Å². The smallest absolute Gasteiger partial charge is 0.258 e. The summed E-state index contributed by atoms with van der Waals surface area (Å²) in [5.41, 5.74) is -1.34. The number of aromatic nitrogens is 2. The van der Waals surface area contributed by atoms with Crippen molar-refractivity contribution in [1.29, 1.82) is 0 Å². The number of hydrogen-bond donors (Lipinski definition) is 1. The maximum Gasteiger partial charge on any atom is 0.258 e. The zero-order valence-corrected chi connectivity index (χ0v) is 27.2. The maximum absolute atomic E-state index is 13.9. The molecule has 1 saturated heterocycles. The first-order valence-electron chi connectivity index (χ1n) is 14.8. The molecule has 3 heterocycles. The van der Waals surface area contributed by atoms with Crippen LogP contribution in [0.15, 0.2) is 31.0 Å². The number of likely N-dealkylation sites (tertiary alicyclic amines) is 1. The van der Waals surface area contributed by atoms with E-state index in [1.807, 2.05) is 27.7 Å². The standard InChI is InChI=1S/C31H39ClN4O7S/c1-7-19-14-31(19,24(37)16-44(40,41)21-8-9-21)35-27(38)22-13-20(15-36(22)29(39)17(2)30(3,4)5)43-28-23(42-6)12-18-10-11-33-26(32)25(18)34-28/h7,10-12,17,19-22H,1,8-9,13-16H2,2-6H3,(H,35,38)/t17-,19-,20-,22+,31-/m1/s1. The van der Waals surface area contributed by atoms with E-state index in [0.29, 0.717) is 29.5 Å². The van der Waals surface area contributed by atoms with Crippen molar-refractivity contribution < 1.29 is 32.3 Å². The molecule has 5 rings (SSSR count). The number of ketones is 1. The van der Waals surface area contributed by atoms with Crippen LogP contribution >= 0.6 is 11.6 Å². The molecule has 0 bridgehead atoms. The summed E-state index contributed by atoms with van der Waals surface area (Å²) < 4.78 is 37.1. The van der Waals surface area contributed by atoms with Gasteiger partial charge in [0.2, 0.25) is 11.8 Å². The highest BCUT2D eigenvalue weighted by atomic mass is 35.5. The lowest BCUT2D eigenvalue weighted by Crippen LogP contribution is -2.55. The van der Waals surface area contributed by atoms with Crippen molar-refractivity contribution in [2.24, 2.45) is 17.3 Å². The minimum absolute atomic E-state index is 0.0862. The van der Waals surface area contributed by atoms with Gasteiger partial charge >= 0.3 is 0 Å². The average molecular weight is 647 g/mol. The van der Waals surface area contributed by atoms with Crippen molar-refractivity contribution in [3.63, 3.8) is 0 Å². The van der Waals surface area contributed by atoms with Crippen molar-refractivity contribution in [2.45, 2.75) is 76.3 Å². The summed E-state index contributed by atoms with van der Waals surface area (Å²) in [5.74, 6) is -2.30. The number of carbonyl (C=O) groups is 3. The SMILES string of the molecule is C=C[C@@H]1C[C@]1(NC(=O)[C@@H]1C[C@@H](Oc2nc3c(Cl)nccc3cc2OC)CN1C(=O)[C@@H](C)C(C)(C)C)C(=O)CS(=O)(=O)C1CC1. The number of sulfone groups is 1. The molecule has 13 heteroatoms. The fourth-order valence-corrected chi connectivity index (χ4v) is 7.60. The Morgan fingerprint density at radius 1 is 1.30 bits per heavy atom. The van der Waals surface area contributed by atoms with Gasteiger partial charge in [-0.2, -0.15) is 0 Å². The summed E-state index contributed by atoms with van der Waals surface area (Å²) in [6, 6.07) is 2.50. The topological polar surface area (TPSA) is 145 Å². The van der Waals surface area contributed by atoms with Gasteiger partial charge in [0.25, 0.3) is 5.88 Å². The lowest BCUT2D eigenvalue weighted by Gasteiger charge is -2.33. The summed E-state index contributed by atoms with van der Waals surface area (Å²) in [5, 5.41) is 3.25. The van der Waals surface area contributed by atoms with E-state index < -0.39 is 62.1 Å². The molecule has 2 aromatic heterocycles. The number of nitrogens with one attached hydrogen (secondary N) is 1. The van der Waals surface area contributed by atoms with Crippen LogP contribution in [-0.2, 0) is 24.2 Å². The van der Waals surface area contributed by atoms with E-state index in [1.165, 1.54) is 12.0 Å². The number of amides is 2. The van der Waals surface area contributed by atoms with Gasteiger partial charge in [-0.05, 0) is 36.8 Å². The molecular formula is C31H39ClN4O7S. The predicted molar refractivity (Wildman–Crippen MR) is 165 cm³/mol. The van der Waals surface area contributed by atoms with Crippen LogP contribution in [0.4, 0.5) is 0 Å². The molecule has 0 radical (unpaired) electrons. The van der Waals surface area contributed by atoms with Gasteiger partial charge in [-0.3, -0.25) is 14.4 Å². The van der Waals surface area contributed by atoms with E-state index in [0.717, 1.165) is 0 Å². The van der Waals surface area contributed by atoms with Crippen molar-refractivity contribution >= 4 is 49.9 Å². The number of fused-ring (bicyclic) bond motifs is 1. The molecular weight excluding hydrogens is 608 g/mol. The Morgan fingerprint density at radius 2 is 2.00 bits per heavy atom. The molecule has 238 valence electrons. The number of halogens is 1. The highest BCUT2D eigenvalue weighted by Gasteiger charge is 2.61. The van der Waals surface area contributed by atoms with E-state index in [2.05, 4.69) is 21.9 Å². The number of hydrogen-bond acceptors (Lipinski definition) is 9. The second-order valence-corrected chi connectivity index (χ2v) is 15.8. The number of nitrogens with zero attached hydrogens (tertiary/aromatic N) is 3. The van der Waals surface area contributed by atoms with E-state index in [-0.39, 0.29) is 41.7 Å². The first-order chi connectivity index (χ1) is 20.6. The van der Waals surface area contributed by atoms with Crippen LogP contribution in [-0.4, -0.2) is 83.2 Å². The first kappa shape index (κ1) is 32.2. The first-order valence-corrected chi connectivity index (χ1v) is 16.9. The van der Waals surface area contributed by atoms with Crippen LogP contribution < -0.4 is 14.8 Å². The van der Waals surface area contributed by atoms with Gasteiger partial charge in [0.05, 0.1) is 18.9 Å². The molecule has 2 amide bonds. The predicted octanol–water partition coefficient (Wildman–Crippen LogP) is 3.53. The summed E-state index contributed by atoms with van der Waals surface area (Å²) in [7, 11) is -2.11. The molecule has 2 aromatic rings.